The molecular weight excluding hydrogens is 493 g/mol. The summed E-state index contributed by atoms with van der Waals surface area (Å²) in [5, 5.41) is 8.05. The van der Waals surface area contributed by atoms with E-state index < -0.39 is 12.4 Å². The Hall–Kier alpha value is -4.06. The van der Waals surface area contributed by atoms with E-state index in [2.05, 4.69) is 15.0 Å². The maximum Gasteiger partial charge on any atom is 0.573 e. The third-order valence-corrected chi connectivity index (χ3v) is 5.50. The van der Waals surface area contributed by atoms with Gasteiger partial charge in [-0.25, -0.2) is 4.68 Å². The molecule has 196 valence electrons. The molecule has 0 fully saturated rings. The van der Waals surface area contributed by atoms with Crippen molar-refractivity contribution in [2.45, 2.75) is 38.2 Å². The van der Waals surface area contributed by atoms with Gasteiger partial charge in [0.1, 0.15) is 24.1 Å². The summed E-state index contributed by atoms with van der Waals surface area (Å²) >= 11 is 0. The first-order valence-electron chi connectivity index (χ1n) is 11.3. The number of hydrogen-bond acceptors (Lipinski definition) is 8. The summed E-state index contributed by atoms with van der Waals surface area (Å²) in [6.45, 7) is 0.467. The molecule has 3 aromatic rings. The van der Waals surface area contributed by atoms with E-state index in [0.29, 0.717) is 47.4 Å². The second kappa shape index (κ2) is 12.8. The molecule has 0 aliphatic rings. The Morgan fingerprint density at radius 2 is 1.86 bits per heavy atom. The van der Waals surface area contributed by atoms with Crippen LogP contribution in [-0.2, 0) is 22.6 Å². The van der Waals surface area contributed by atoms with E-state index in [1.165, 1.54) is 28.9 Å². The summed E-state index contributed by atoms with van der Waals surface area (Å²) in [5.41, 5.74) is 2.12. The standard InChI is InChI=1S/C25H25F3N4O5/c1-31(21(17-35)5-3-12-33)15-23-18(16-34)4-2-6-24(23)36-13-11-19-14-32(30-29-19)20-7-9-22(10-8-20)37-25(26,27)28/h2,4,6-10,12,14,16-17,21H,3,5,11,13,15H2,1H3. The van der Waals surface area contributed by atoms with Crippen molar-refractivity contribution in [2.75, 3.05) is 13.7 Å². The number of nitrogens with zero attached hydrogens (tertiary/aromatic N) is 4. The molecule has 1 unspecified atom stereocenters. The van der Waals surface area contributed by atoms with Gasteiger partial charge in [-0.1, -0.05) is 17.3 Å². The summed E-state index contributed by atoms with van der Waals surface area (Å²) in [6.07, 6.45) is 0.0885. The molecule has 0 bridgehead atoms. The molecule has 0 amide bonds. The molecule has 0 radical (unpaired) electrons. The summed E-state index contributed by atoms with van der Waals surface area (Å²) in [4.78, 5) is 35.5. The molecule has 0 aliphatic carbocycles. The molecule has 2 aromatic carbocycles. The van der Waals surface area contributed by atoms with Crippen LogP contribution in [0.3, 0.4) is 0 Å². The van der Waals surface area contributed by atoms with Gasteiger partial charge in [0.2, 0.25) is 0 Å². The van der Waals surface area contributed by atoms with Gasteiger partial charge in [0.15, 0.2) is 6.29 Å². The molecule has 3 rings (SSSR count). The number of rotatable bonds is 14. The number of halogens is 3. The summed E-state index contributed by atoms with van der Waals surface area (Å²) in [6, 6.07) is 9.78. The molecule has 0 saturated heterocycles. The maximum absolute atomic E-state index is 12.3. The Labute approximate surface area is 210 Å². The molecule has 0 saturated carbocycles. The number of carbonyl (C=O) groups excluding carboxylic acids is 3. The maximum atomic E-state index is 12.3. The number of hydrogen-bond donors (Lipinski definition) is 0. The minimum atomic E-state index is -4.77. The van der Waals surface area contributed by atoms with Crippen LogP contribution in [-0.4, -0.2) is 64.8 Å². The normalized spacial score (nSPS) is 12.2. The Morgan fingerprint density at radius 1 is 1.11 bits per heavy atom. The predicted molar refractivity (Wildman–Crippen MR) is 126 cm³/mol. The molecule has 0 N–H and O–H groups in total. The van der Waals surface area contributed by atoms with Crippen LogP contribution in [0.4, 0.5) is 13.2 Å². The quantitative estimate of drug-likeness (QED) is 0.299. The van der Waals surface area contributed by atoms with Gasteiger partial charge in [-0.15, -0.1) is 18.3 Å². The lowest BCUT2D eigenvalue weighted by Crippen LogP contribution is -2.33. The number of aromatic nitrogens is 3. The van der Waals surface area contributed by atoms with Crippen molar-refractivity contribution >= 4 is 18.9 Å². The highest BCUT2D eigenvalue weighted by atomic mass is 19.4. The zero-order chi connectivity index (χ0) is 26.8. The third kappa shape index (κ3) is 7.97. The monoisotopic (exact) mass is 518 g/mol. The minimum Gasteiger partial charge on any atom is -0.493 e. The lowest BCUT2D eigenvalue weighted by Gasteiger charge is -2.25. The first-order chi connectivity index (χ1) is 17.7. The number of carbonyl (C=O) groups is 3. The van der Waals surface area contributed by atoms with E-state index >= 15 is 0 Å². The minimum absolute atomic E-state index is 0.207. The van der Waals surface area contributed by atoms with Gasteiger partial charge >= 0.3 is 6.36 Å². The molecule has 12 heteroatoms. The fraction of sp³-hybridized carbons (Fsp3) is 0.320. The van der Waals surface area contributed by atoms with Crippen LogP contribution in [0.5, 0.6) is 11.5 Å². The van der Waals surface area contributed by atoms with E-state index in [4.69, 9.17) is 4.74 Å². The Kier molecular flexibility index (Phi) is 9.50. The van der Waals surface area contributed by atoms with Crippen molar-refractivity contribution in [3.05, 3.63) is 65.5 Å². The van der Waals surface area contributed by atoms with Crippen molar-refractivity contribution in [3.63, 3.8) is 0 Å². The molecular formula is C25H25F3N4O5. The number of ether oxygens (including phenoxy) is 2. The third-order valence-electron chi connectivity index (χ3n) is 5.50. The fourth-order valence-electron chi connectivity index (χ4n) is 3.60. The van der Waals surface area contributed by atoms with E-state index in [9.17, 15) is 27.6 Å². The zero-order valence-corrected chi connectivity index (χ0v) is 19.9. The van der Waals surface area contributed by atoms with E-state index in [1.807, 2.05) is 0 Å². The van der Waals surface area contributed by atoms with Gasteiger partial charge in [0.25, 0.3) is 0 Å². The summed E-state index contributed by atoms with van der Waals surface area (Å²) in [7, 11) is 1.73. The lowest BCUT2D eigenvalue weighted by atomic mass is 10.1. The number of likely N-dealkylation sites (N-methyl/N-ethyl adjacent to an activating group) is 1. The Bertz CT molecular complexity index is 1200. The zero-order valence-electron chi connectivity index (χ0n) is 19.9. The molecule has 0 aliphatic heterocycles. The highest BCUT2D eigenvalue weighted by Crippen LogP contribution is 2.25. The number of alkyl halides is 3. The van der Waals surface area contributed by atoms with Crippen LogP contribution in [0.25, 0.3) is 5.69 Å². The van der Waals surface area contributed by atoms with Gasteiger partial charge < -0.3 is 19.1 Å². The van der Waals surface area contributed by atoms with E-state index in [1.54, 1.807) is 36.3 Å². The first-order valence-corrected chi connectivity index (χ1v) is 11.3. The highest BCUT2D eigenvalue weighted by Gasteiger charge is 2.31. The molecule has 9 nitrogen and oxygen atoms in total. The van der Waals surface area contributed by atoms with Gasteiger partial charge in [-0.3, -0.25) is 9.69 Å². The van der Waals surface area contributed by atoms with Gasteiger partial charge in [0.05, 0.1) is 30.2 Å². The van der Waals surface area contributed by atoms with Gasteiger partial charge in [-0.2, -0.15) is 0 Å². The van der Waals surface area contributed by atoms with E-state index in [-0.39, 0.29) is 25.3 Å². The second-order valence-corrected chi connectivity index (χ2v) is 8.10. The number of aldehydes is 3. The molecule has 1 atom stereocenters. The van der Waals surface area contributed by atoms with Crippen molar-refractivity contribution in [3.8, 4) is 17.2 Å². The van der Waals surface area contributed by atoms with Crippen molar-refractivity contribution in [1.29, 1.82) is 0 Å². The first kappa shape index (κ1) is 27.5. The summed E-state index contributed by atoms with van der Waals surface area (Å²) in [5.74, 6) is 0.135. The Morgan fingerprint density at radius 3 is 2.51 bits per heavy atom. The molecule has 1 aromatic heterocycles. The van der Waals surface area contributed by atoms with E-state index in [0.717, 1.165) is 12.6 Å². The smallest absolute Gasteiger partial charge is 0.493 e. The topological polar surface area (TPSA) is 104 Å². The van der Waals surface area contributed by atoms with Crippen LogP contribution < -0.4 is 9.47 Å². The van der Waals surface area contributed by atoms with Gasteiger partial charge in [-0.05, 0) is 43.8 Å². The molecule has 1 heterocycles. The summed E-state index contributed by atoms with van der Waals surface area (Å²) < 4.78 is 48.2. The molecule has 37 heavy (non-hydrogen) atoms. The van der Waals surface area contributed by atoms with Crippen LogP contribution in [0, 0.1) is 0 Å². The fourth-order valence-corrected chi connectivity index (χ4v) is 3.60. The van der Waals surface area contributed by atoms with Crippen molar-refractivity contribution < 1.29 is 37.0 Å². The lowest BCUT2D eigenvalue weighted by molar-refractivity contribution is -0.274. The SMILES string of the molecule is CN(Cc1c(C=O)cccc1OCCc1cn(-c2ccc(OC(F)(F)F)cc2)nn1)C(C=O)CCC=O. The van der Waals surface area contributed by atoms with Crippen LogP contribution in [0.2, 0.25) is 0 Å². The second-order valence-electron chi connectivity index (χ2n) is 8.10. The Balaban J connectivity index is 1.64. The van der Waals surface area contributed by atoms with Gasteiger partial charge in [0, 0.05) is 30.5 Å². The van der Waals surface area contributed by atoms with Crippen molar-refractivity contribution in [2.24, 2.45) is 0 Å². The number of benzene rings is 2. The highest BCUT2D eigenvalue weighted by molar-refractivity contribution is 5.78. The van der Waals surface area contributed by atoms with Crippen molar-refractivity contribution in [1.82, 2.24) is 19.9 Å². The van der Waals surface area contributed by atoms with Crippen LogP contribution in [0.1, 0.15) is 34.5 Å². The molecule has 0 spiro atoms. The average Bonchev–Trinajstić information content (AvgIpc) is 3.33. The average molecular weight is 518 g/mol. The van der Waals surface area contributed by atoms with Crippen LogP contribution in [0.15, 0.2) is 48.7 Å². The predicted octanol–water partition coefficient (Wildman–Crippen LogP) is 3.58. The van der Waals surface area contributed by atoms with Crippen LogP contribution >= 0.6 is 0 Å². The largest absolute Gasteiger partial charge is 0.573 e.